The summed E-state index contributed by atoms with van der Waals surface area (Å²) in [5, 5.41) is 3.26. The van der Waals surface area contributed by atoms with E-state index in [9.17, 15) is 9.59 Å². The van der Waals surface area contributed by atoms with Gasteiger partial charge in [-0.3, -0.25) is 14.9 Å². The molecule has 5 nitrogen and oxygen atoms in total. The smallest absolute Gasteiger partial charge is 0.323 e. The fraction of sp³-hybridized carbons (Fsp3) is 0.355. The summed E-state index contributed by atoms with van der Waals surface area (Å²) < 4.78 is 10.9. The Morgan fingerprint density at radius 3 is 1.81 bits per heavy atom. The SMILES string of the molecule is CCOC(=O)[C@H](Cc1ccc(Cc2ccccc2)cc1)N[C@@H](CC(C)C)C(=O)OCc1ccccc1. The van der Waals surface area contributed by atoms with Gasteiger partial charge in [0.05, 0.1) is 6.61 Å². The molecule has 0 amide bonds. The highest BCUT2D eigenvalue weighted by Crippen LogP contribution is 2.15. The van der Waals surface area contributed by atoms with Crippen LogP contribution >= 0.6 is 0 Å². The van der Waals surface area contributed by atoms with E-state index in [1.807, 2.05) is 74.5 Å². The summed E-state index contributed by atoms with van der Waals surface area (Å²) >= 11 is 0. The highest BCUT2D eigenvalue weighted by molar-refractivity contribution is 5.80. The second kappa shape index (κ2) is 14.2. The summed E-state index contributed by atoms with van der Waals surface area (Å²) in [5.74, 6) is -0.484. The third-order valence-corrected chi connectivity index (χ3v) is 5.90. The van der Waals surface area contributed by atoms with E-state index in [1.165, 1.54) is 11.1 Å². The first-order valence-corrected chi connectivity index (χ1v) is 12.7. The van der Waals surface area contributed by atoms with Crippen LogP contribution in [0.15, 0.2) is 84.9 Å². The first-order chi connectivity index (χ1) is 17.4. The summed E-state index contributed by atoms with van der Waals surface area (Å²) in [6.45, 7) is 6.35. The van der Waals surface area contributed by atoms with Crippen molar-refractivity contribution in [1.82, 2.24) is 5.32 Å². The van der Waals surface area contributed by atoms with Crippen molar-refractivity contribution in [3.05, 3.63) is 107 Å². The number of rotatable bonds is 13. The number of ether oxygens (including phenoxy) is 2. The van der Waals surface area contributed by atoms with Gasteiger partial charge >= 0.3 is 11.9 Å². The minimum atomic E-state index is -0.655. The van der Waals surface area contributed by atoms with Crippen LogP contribution in [-0.4, -0.2) is 30.6 Å². The van der Waals surface area contributed by atoms with Crippen LogP contribution in [0.4, 0.5) is 0 Å². The molecule has 5 heteroatoms. The molecule has 3 aromatic rings. The van der Waals surface area contributed by atoms with E-state index in [4.69, 9.17) is 9.47 Å². The van der Waals surface area contributed by atoms with Gasteiger partial charge in [0.15, 0.2) is 0 Å². The molecule has 0 saturated carbocycles. The number of benzene rings is 3. The largest absolute Gasteiger partial charge is 0.465 e. The van der Waals surface area contributed by atoms with E-state index < -0.39 is 12.1 Å². The molecule has 0 unspecified atom stereocenters. The van der Waals surface area contributed by atoms with Gasteiger partial charge in [-0.2, -0.15) is 0 Å². The minimum Gasteiger partial charge on any atom is -0.465 e. The van der Waals surface area contributed by atoms with Crippen LogP contribution in [0.3, 0.4) is 0 Å². The van der Waals surface area contributed by atoms with E-state index in [-0.39, 0.29) is 31.1 Å². The average molecular weight is 488 g/mol. The molecule has 36 heavy (non-hydrogen) atoms. The second-order valence-electron chi connectivity index (χ2n) is 9.43. The van der Waals surface area contributed by atoms with Crippen molar-refractivity contribution < 1.29 is 19.1 Å². The van der Waals surface area contributed by atoms with Crippen molar-refractivity contribution in [2.24, 2.45) is 5.92 Å². The number of hydrogen-bond donors (Lipinski definition) is 1. The zero-order valence-corrected chi connectivity index (χ0v) is 21.5. The molecule has 0 spiro atoms. The molecule has 0 saturated heterocycles. The van der Waals surface area contributed by atoms with Crippen molar-refractivity contribution >= 4 is 11.9 Å². The van der Waals surface area contributed by atoms with Crippen molar-refractivity contribution in [3.63, 3.8) is 0 Å². The van der Waals surface area contributed by atoms with Crippen LogP contribution in [0.2, 0.25) is 0 Å². The maximum Gasteiger partial charge on any atom is 0.323 e. The molecule has 0 radical (unpaired) electrons. The highest BCUT2D eigenvalue weighted by Gasteiger charge is 2.29. The van der Waals surface area contributed by atoms with Gasteiger partial charge in [0.1, 0.15) is 18.7 Å². The molecule has 2 atom stereocenters. The van der Waals surface area contributed by atoms with Crippen LogP contribution in [0.1, 0.15) is 49.4 Å². The van der Waals surface area contributed by atoms with Gasteiger partial charge in [0.25, 0.3) is 0 Å². The van der Waals surface area contributed by atoms with E-state index in [0.717, 1.165) is 17.5 Å². The van der Waals surface area contributed by atoms with Crippen molar-refractivity contribution in [2.45, 2.75) is 58.7 Å². The normalized spacial score (nSPS) is 12.7. The lowest BCUT2D eigenvalue weighted by Crippen LogP contribution is -2.50. The van der Waals surface area contributed by atoms with Crippen LogP contribution in [-0.2, 0) is 38.5 Å². The number of esters is 2. The first-order valence-electron chi connectivity index (χ1n) is 12.7. The van der Waals surface area contributed by atoms with Crippen LogP contribution in [0, 0.1) is 5.92 Å². The Hall–Kier alpha value is -3.44. The number of nitrogens with one attached hydrogen (secondary N) is 1. The summed E-state index contributed by atoms with van der Waals surface area (Å²) in [7, 11) is 0. The van der Waals surface area contributed by atoms with Gasteiger partial charge in [-0.25, -0.2) is 0 Å². The number of carbonyl (C=O) groups excluding carboxylic acids is 2. The lowest BCUT2D eigenvalue weighted by molar-refractivity contribution is -0.150. The van der Waals surface area contributed by atoms with E-state index in [2.05, 4.69) is 29.6 Å². The average Bonchev–Trinajstić information content (AvgIpc) is 2.88. The van der Waals surface area contributed by atoms with E-state index in [0.29, 0.717) is 12.8 Å². The van der Waals surface area contributed by atoms with Crippen LogP contribution < -0.4 is 5.32 Å². The molecule has 0 heterocycles. The lowest BCUT2D eigenvalue weighted by Gasteiger charge is -2.25. The molecule has 0 aliphatic carbocycles. The third-order valence-electron chi connectivity index (χ3n) is 5.90. The summed E-state index contributed by atoms with van der Waals surface area (Å²) in [5.41, 5.74) is 4.37. The van der Waals surface area contributed by atoms with E-state index in [1.54, 1.807) is 6.92 Å². The molecular weight excluding hydrogens is 450 g/mol. The van der Waals surface area contributed by atoms with Crippen molar-refractivity contribution in [1.29, 1.82) is 0 Å². The van der Waals surface area contributed by atoms with E-state index >= 15 is 0 Å². The Morgan fingerprint density at radius 2 is 1.22 bits per heavy atom. The lowest BCUT2D eigenvalue weighted by atomic mass is 9.98. The zero-order valence-electron chi connectivity index (χ0n) is 21.5. The van der Waals surface area contributed by atoms with Gasteiger partial charge in [0, 0.05) is 0 Å². The molecule has 3 rings (SSSR count). The monoisotopic (exact) mass is 487 g/mol. The molecule has 190 valence electrons. The van der Waals surface area contributed by atoms with Crippen molar-refractivity contribution in [2.75, 3.05) is 6.61 Å². The Kier molecular flexibility index (Phi) is 10.7. The maximum atomic E-state index is 13.0. The molecule has 0 aliphatic rings. The zero-order chi connectivity index (χ0) is 25.8. The van der Waals surface area contributed by atoms with Gasteiger partial charge in [0.2, 0.25) is 0 Å². The van der Waals surface area contributed by atoms with Crippen LogP contribution in [0.5, 0.6) is 0 Å². The minimum absolute atomic E-state index is 0.197. The van der Waals surface area contributed by atoms with Gasteiger partial charge in [-0.1, -0.05) is 98.8 Å². The quantitative estimate of drug-likeness (QED) is 0.323. The Labute approximate surface area is 214 Å². The molecule has 0 bridgehead atoms. The predicted octanol–water partition coefficient (Wildman–Crippen LogP) is 5.50. The second-order valence-corrected chi connectivity index (χ2v) is 9.43. The Morgan fingerprint density at radius 1 is 0.694 bits per heavy atom. The highest BCUT2D eigenvalue weighted by atomic mass is 16.5. The molecule has 0 aliphatic heterocycles. The molecule has 0 aromatic heterocycles. The topological polar surface area (TPSA) is 64.6 Å². The standard InChI is InChI=1S/C31H37NO4/c1-4-35-30(33)29(21-26-17-15-25(16-18-26)20-24-11-7-5-8-12-24)32-28(19-23(2)3)31(34)36-22-27-13-9-6-10-14-27/h5-18,23,28-29,32H,4,19-22H2,1-3H3/t28-,29-/m0/s1. The van der Waals surface area contributed by atoms with Crippen LogP contribution in [0.25, 0.3) is 0 Å². The molecule has 0 fully saturated rings. The first kappa shape index (κ1) is 27.2. The summed E-state index contributed by atoms with van der Waals surface area (Å²) in [4.78, 5) is 25.8. The predicted molar refractivity (Wildman–Crippen MR) is 142 cm³/mol. The maximum absolute atomic E-state index is 13.0. The summed E-state index contributed by atoms with van der Waals surface area (Å²) in [6.07, 6.45) is 1.83. The Bertz CT molecular complexity index is 1060. The molecule has 3 aromatic carbocycles. The fourth-order valence-corrected chi connectivity index (χ4v) is 4.09. The third kappa shape index (κ3) is 8.97. The van der Waals surface area contributed by atoms with Crippen molar-refractivity contribution in [3.8, 4) is 0 Å². The Balaban J connectivity index is 1.68. The fourth-order valence-electron chi connectivity index (χ4n) is 4.09. The van der Waals surface area contributed by atoms with Gasteiger partial charge in [-0.05, 0) is 54.4 Å². The van der Waals surface area contributed by atoms with Gasteiger partial charge in [-0.15, -0.1) is 0 Å². The van der Waals surface area contributed by atoms with Gasteiger partial charge < -0.3 is 9.47 Å². The molecule has 1 N–H and O–H groups in total. The molecular formula is C31H37NO4. The number of carbonyl (C=O) groups is 2. The number of hydrogen-bond acceptors (Lipinski definition) is 5. The summed E-state index contributed by atoms with van der Waals surface area (Å²) in [6, 6.07) is 26.9.